The van der Waals surface area contributed by atoms with E-state index in [1.165, 1.54) is 28.8 Å². The highest BCUT2D eigenvalue weighted by Gasteiger charge is 2.48. The third-order valence-corrected chi connectivity index (χ3v) is 5.92. The van der Waals surface area contributed by atoms with Gasteiger partial charge in [-0.15, -0.1) is 0 Å². The molecule has 1 aliphatic rings. The van der Waals surface area contributed by atoms with Gasteiger partial charge in [0.05, 0.1) is 5.56 Å². The molecule has 1 unspecified atom stereocenters. The van der Waals surface area contributed by atoms with Gasteiger partial charge in [0.15, 0.2) is 12.4 Å². The fourth-order valence-electron chi connectivity index (χ4n) is 3.83. The largest absolute Gasteiger partial charge is 0.452 e. The first-order valence-electron chi connectivity index (χ1n) is 9.66. The van der Waals surface area contributed by atoms with Crippen LogP contribution >= 0.6 is 11.6 Å². The number of amides is 1. The molecule has 0 radical (unpaired) electrons. The van der Waals surface area contributed by atoms with Gasteiger partial charge >= 0.3 is 5.97 Å². The van der Waals surface area contributed by atoms with Gasteiger partial charge in [-0.25, -0.2) is 4.79 Å². The summed E-state index contributed by atoms with van der Waals surface area (Å²) >= 11 is 6.39. The second-order valence-electron chi connectivity index (χ2n) is 7.36. The van der Waals surface area contributed by atoms with Crippen molar-refractivity contribution < 1.29 is 19.1 Å². The van der Waals surface area contributed by atoms with Gasteiger partial charge in [-0.2, -0.15) is 0 Å². The third kappa shape index (κ3) is 4.03. The summed E-state index contributed by atoms with van der Waals surface area (Å²) in [5.74, 6) is -1.39. The summed E-state index contributed by atoms with van der Waals surface area (Å²) in [6, 6.07) is 9.57. The number of esters is 1. The molecule has 1 fully saturated rings. The van der Waals surface area contributed by atoms with Crippen LogP contribution in [0, 0.1) is 0 Å². The third-order valence-electron chi connectivity index (χ3n) is 5.59. The standard InChI is InChI=1S/C22H23ClN2O5/c1-24-12-10-15(13-19(24)27)21(29)30-14-20(28)25(2)22(11-6-5-9-18(22)26)16-7-3-4-8-17(16)23/h3-4,7-8,10,12-13H,5-6,9,11,14H2,1-2H3. The molecule has 30 heavy (non-hydrogen) atoms. The van der Waals surface area contributed by atoms with Crippen LogP contribution in [0.15, 0.2) is 47.4 Å². The van der Waals surface area contributed by atoms with Crippen LogP contribution in [0.25, 0.3) is 0 Å². The number of halogens is 1. The van der Waals surface area contributed by atoms with Gasteiger partial charge in [0.1, 0.15) is 5.54 Å². The molecule has 1 amide bonds. The molecule has 0 saturated heterocycles. The maximum absolute atomic E-state index is 13.0. The molecule has 1 aromatic heterocycles. The Kier molecular flexibility index (Phi) is 6.41. The number of benzene rings is 1. The summed E-state index contributed by atoms with van der Waals surface area (Å²) in [4.78, 5) is 51.3. The molecule has 1 aromatic carbocycles. The van der Waals surface area contributed by atoms with Gasteiger partial charge in [-0.05, 0) is 31.4 Å². The van der Waals surface area contributed by atoms with E-state index in [0.717, 1.165) is 18.9 Å². The van der Waals surface area contributed by atoms with E-state index in [1.807, 2.05) is 0 Å². The first-order chi connectivity index (χ1) is 14.3. The molecule has 158 valence electrons. The number of carbonyl (C=O) groups excluding carboxylic acids is 3. The Labute approximate surface area is 179 Å². The quantitative estimate of drug-likeness (QED) is 0.681. The van der Waals surface area contributed by atoms with Crippen molar-refractivity contribution >= 4 is 29.3 Å². The zero-order valence-corrected chi connectivity index (χ0v) is 17.6. The predicted molar refractivity (Wildman–Crippen MR) is 111 cm³/mol. The Balaban J connectivity index is 1.82. The molecule has 0 spiro atoms. The molecular weight excluding hydrogens is 408 g/mol. The summed E-state index contributed by atoms with van der Waals surface area (Å²) in [6.07, 6.45) is 3.75. The molecule has 0 N–H and O–H groups in total. The minimum absolute atomic E-state index is 0.0584. The summed E-state index contributed by atoms with van der Waals surface area (Å²) in [5, 5.41) is 0.407. The van der Waals surface area contributed by atoms with E-state index in [0.29, 0.717) is 23.4 Å². The maximum atomic E-state index is 13.0. The van der Waals surface area contributed by atoms with E-state index in [-0.39, 0.29) is 16.9 Å². The number of aromatic nitrogens is 1. The number of nitrogens with zero attached hydrogens (tertiary/aromatic N) is 2. The summed E-state index contributed by atoms with van der Waals surface area (Å²) in [6.45, 7) is -0.552. The van der Waals surface area contributed by atoms with E-state index < -0.39 is 24.0 Å². The summed E-state index contributed by atoms with van der Waals surface area (Å²) in [5.41, 5.74) is -0.922. The summed E-state index contributed by atoms with van der Waals surface area (Å²) < 4.78 is 6.44. The molecular formula is C22H23ClN2O5. The molecule has 1 atom stereocenters. The van der Waals surface area contributed by atoms with Gasteiger partial charge in [0.25, 0.3) is 11.5 Å². The van der Waals surface area contributed by atoms with E-state index in [9.17, 15) is 19.2 Å². The van der Waals surface area contributed by atoms with Crippen LogP contribution in [0.1, 0.15) is 41.6 Å². The average Bonchev–Trinajstić information content (AvgIpc) is 2.74. The lowest BCUT2D eigenvalue weighted by molar-refractivity contribution is -0.150. The van der Waals surface area contributed by atoms with Gasteiger partial charge in [-0.3, -0.25) is 14.4 Å². The molecule has 0 aliphatic heterocycles. The zero-order valence-electron chi connectivity index (χ0n) is 16.9. The highest BCUT2D eigenvalue weighted by atomic mass is 35.5. The Hall–Kier alpha value is -2.93. The average molecular weight is 431 g/mol. The topological polar surface area (TPSA) is 85.7 Å². The number of ether oxygens (including phenoxy) is 1. The number of pyridine rings is 1. The fraction of sp³-hybridized carbons (Fsp3) is 0.364. The highest BCUT2D eigenvalue weighted by Crippen LogP contribution is 2.42. The van der Waals surface area contributed by atoms with Crippen LogP contribution in [-0.2, 0) is 26.9 Å². The molecule has 7 nitrogen and oxygen atoms in total. The van der Waals surface area contributed by atoms with Crippen LogP contribution in [0.5, 0.6) is 0 Å². The number of Topliss-reactive ketones (excluding diaryl/α,β-unsaturated/α-hetero) is 1. The second kappa shape index (κ2) is 8.83. The summed E-state index contributed by atoms with van der Waals surface area (Å²) in [7, 11) is 3.09. The predicted octanol–water partition coefficient (Wildman–Crippen LogP) is 2.69. The Morgan fingerprint density at radius 3 is 2.60 bits per heavy atom. The number of aryl methyl sites for hydroxylation is 1. The van der Waals surface area contributed by atoms with E-state index in [4.69, 9.17) is 16.3 Å². The Morgan fingerprint density at radius 1 is 1.20 bits per heavy atom. The number of hydrogen-bond acceptors (Lipinski definition) is 5. The van der Waals surface area contributed by atoms with Crippen molar-refractivity contribution in [2.75, 3.05) is 13.7 Å². The van der Waals surface area contributed by atoms with Crippen LogP contribution in [-0.4, -0.2) is 40.8 Å². The minimum atomic E-state index is -1.19. The first-order valence-corrected chi connectivity index (χ1v) is 10.0. The van der Waals surface area contributed by atoms with Gasteiger partial charge in [0.2, 0.25) is 0 Å². The van der Waals surface area contributed by atoms with E-state index in [2.05, 4.69) is 0 Å². The molecule has 1 heterocycles. The lowest BCUT2D eigenvalue weighted by Crippen LogP contribution is -2.55. The van der Waals surface area contributed by atoms with Crippen molar-refractivity contribution in [2.45, 2.75) is 31.2 Å². The first kappa shape index (κ1) is 21.8. The van der Waals surface area contributed by atoms with E-state index in [1.54, 1.807) is 31.3 Å². The number of rotatable bonds is 5. The molecule has 2 aromatic rings. The number of hydrogen-bond donors (Lipinski definition) is 0. The van der Waals surface area contributed by atoms with Crippen molar-refractivity contribution in [2.24, 2.45) is 7.05 Å². The van der Waals surface area contributed by atoms with Crippen molar-refractivity contribution in [1.29, 1.82) is 0 Å². The fourth-order valence-corrected chi connectivity index (χ4v) is 4.12. The van der Waals surface area contributed by atoms with Crippen LogP contribution < -0.4 is 5.56 Å². The second-order valence-corrected chi connectivity index (χ2v) is 7.77. The van der Waals surface area contributed by atoms with Crippen LogP contribution in [0.4, 0.5) is 0 Å². The SMILES string of the molecule is CN(C(=O)COC(=O)c1ccn(C)c(=O)c1)C1(c2ccccc2Cl)CCCCC1=O. The molecule has 0 bridgehead atoms. The van der Waals surface area contributed by atoms with Gasteiger partial charge in [-0.1, -0.05) is 29.8 Å². The molecule has 1 aliphatic carbocycles. The monoisotopic (exact) mass is 430 g/mol. The Bertz CT molecular complexity index is 1050. The number of likely N-dealkylation sites (N-methyl/N-ethyl adjacent to an activating group) is 1. The minimum Gasteiger partial charge on any atom is -0.452 e. The molecule has 8 heteroatoms. The van der Waals surface area contributed by atoms with Crippen molar-refractivity contribution in [3.63, 3.8) is 0 Å². The molecule has 1 saturated carbocycles. The van der Waals surface area contributed by atoms with Crippen LogP contribution in [0.2, 0.25) is 5.02 Å². The van der Waals surface area contributed by atoms with Crippen molar-refractivity contribution in [1.82, 2.24) is 9.47 Å². The smallest absolute Gasteiger partial charge is 0.338 e. The maximum Gasteiger partial charge on any atom is 0.338 e. The Morgan fingerprint density at radius 2 is 1.93 bits per heavy atom. The number of ketones is 1. The zero-order chi connectivity index (χ0) is 21.9. The normalized spacial score (nSPS) is 18.7. The molecule has 3 rings (SSSR count). The lowest BCUT2D eigenvalue weighted by atomic mass is 9.74. The lowest BCUT2D eigenvalue weighted by Gasteiger charge is -2.43. The van der Waals surface area contributed by atoms with Crippen LogP contribution in [0.3, 0.4) is 0 Å². The van der Waals surface area contributed by atoms with Gasteiger partial charge < -0.3 is 14.2 Å². The van der Waals surface area contributed by atoms with Gasteiger partial charge in [0, 0.05) is 43.4 Å². The number of carbonyl (C=O) groups is 3. The van der Waals surface area contributed by atoms with E-state index >= 15 is 0 Å². The van der Waals surface area contributed by atoms with Crippen molar-refractivity contribution in [3.05, 3.63) is 69.1 Å². The highest BCUT2D eigenvalue weighted by molar-refractivity contribution is 6.31. The van der Waals surface area contributed by atoms with Crippen molar-refractivity contribution in [3.8, 4) is 0 Å².